The van der Waals surface area contributed by atoms with E-state index in [4.69, 9.17) is 11.6 Å². The maximum Gasteiger partial charge on any atom is 0.246 e. The maximum atomic E-state index is 12.2. The van der Waals surface area contributed by atoms with E-state index in [1.165, 1.54) is 11.8 Å². The first-order valence-corrected chi connectivity index (χ1v) is 8.03. The van der Waals surface area contributed by atoms with Crippen molar-refractivity contribution < 1.29 is 4.79 Å². The highest BCUT2D eigenvalue weighted by Gasteiger charge is 2.12. The van der Waals surface area contributed by atoms with Crippen LogP contribution in [-0.4, -0.2) is 25.2 Å². The minimum absolute atomic E-state index is 0.145. The number of anilines is 1. The molecule has 118 valence electrons. The van der Waals surface area contributed by atoms with E-state index in [0.29, 0.717) is 10.7 Å². The summed E-state index contributed by atoms with van der Waals surface area (Å²) in [6.07, 6.45) is 6.97. The molecule has 0 unspecified atom stereocenters. The molecule has 0 spiro atoms. The first kappa shape index (κ1) is 15.6. The number of hydrogen-bond donors (Lipinski definition) is 1. The number of benzene rings is 1. The number of nitrogens with zero attached hydrogens (tertiary/aromatic N) is 4. The quantitative estimate of drug-likeness (QED) is 0.770. The molecule has 2 aromatic heterocycles. The second-order valence-corrected chi connectivity index (χ2v) is 6.26. The number of rotatable bonds is 5. The number of imidazole rings is 1. The van der Waals surface area contributed by atoms with Gasteiger partial charge in [-0.2, -0.15) is 5.10 Å². The van der Waals surface area contributed by atoms with E-state index < -0.39 is 0 Å². The number of aromatic nitrogens is 4. The standard InChI is InChI=1S/C15H14ClN5OS/c1-20-8-6-17-15(20)23-13-4-3-11(16)9-12(13)19-14(22)10-21-7-2-5-18-21/h2-9H,10H2,1H3,(H,19,22). The van der Waals surface area contributed by atoms with Crippen LogP contribution in [0.25, 0.3) is 0 Å². The van der Waals surface area contributed by atoms with Gasteiger partial charge in [0.25, 0.3) is 0 Å². The minimum atomic E-state index is -0.169. The van der Waals surface area contributed by atoms with Crippen LogP contribution in [0.4, 0.5) is 5.69 Å². The number of carbonyl (C=O) groups excluding carboxylic acids is 1. The van der Waals surface area contributed by atoms with Gasteiger partial charge in [-0.15, -0.1) is 0 Å². The summed E-state index contributed by atoms with van der Waals surface area (Å²) in [5.41, 5.74) is 0.655. The van der Waals surface area contributed by atoms with Gasteiger partial charge in [0.2, 0.25) is 5.91 Å². The highest BCUT2D eigenvalue weighted by atomic mass is 35.5. The van der Waals surface area contributed by atoms with E-state index in [9.17, 15) is 4.79 Å². The summed E-state index contributed by atoms with van der Waals surface area (Å²) in [7, 11) is 1.92. The average molecular weight is 348 g/mol. The van der Waals surface area contributed by atoms with Gasteiger partial charge in [-0.1, -0.05) is 11.6 Å². The Morgan fingerprint density at radius 2 is 2.22 bits per heavy atom. The molecule has 0 bridgehead atoms. The van der Waals surface area contributed by atoms with Gasteiger partial charge in [0, 0.05) is 41.8 Å². The SMILES string of the molecule is Cn1ccnc1Sc1ccc(Cl)cc1NC(=O)Cn1cccn1. The van der Waals surface area contributed by atoms with Gasteiger partial charge in [0.05, 0.1) is 5.69 Å². The van der Waals surface area contributed by atoms with Gasteiger partial charge in [-0.3, -0.25) is 9.48 Å². The first-order chi connectivity index (χ1) is 11.1. The lowest BCUT2D eigenvalue weighted by atomic mass is 10.3. The minimum Gasteiger partial charge on any atom is -0.329 e. The van der Waals surface area contributed by atoms with Crippen molar-refractivity contribution in [3.05, 3.63) is 54.1 Å². The Morgan fingerprint density at radius 3 is 2.91 bits per heavy atom. The Bertz CT molecular complexity index is 815. The third-order valence-corrected chi connectivity index (χ3v) is 4.45. The van der Waals surface area contributed by atoms with E-state index in [1.807, 2.05) is 23.9 Å². The molecule has 0 saturated carbocycles. The van der Waals surface area contributed by atoms with Crippen molar-refractivity contribution in [1.29, 1.82) is 0 Å². The summed E-state index contributed by atoms with van der Waals surface area (Å²) in [5, 5.41) is 8.29. The van der Waals surface area contributed by atoms with Crippen molar-refractivity contribution in [3.8, 4) is 0 Å². The number of amides is 1. The van der Waals surface area contributed by atoms with Crippen LogP contribution in [0.2, 0.25) is 5.02 Å². The highest BCUT2D eigenvalue weighted by Crippen LogP contribution is 2.34. The molecule has 3 aromatic rings. The van der Waals surface area contributed by atoms with Crippen molar-refractivity contribution in [3.63, 3.8) is 0 Å². The lowest BCUT2D eigenvalue weighted by Crippen LogP contribution is -2.19. The smallest absolute Gasteiger partial charge is 0.246 e. The van der Waals surface area contributed by atoms with Crippen LogP contribution in [0.1, 0.15) is 0 Å². The molecule has 2 heterocycles. The van der Waals surface area contributed by atoms with Crippen LogP contribution in [0.15, 0.2) is 59.1 Å². The molecule has 0 saturated heterocycles. The van der Waals surface area contributed by atoms with E-state index >= 15 is 0 Å². The third kappa shape index (κ3) is 3.94. The number of aryl methyl sites for hydroxylation is 1. The van der Waals surface area contributed by atoms with Crippen molar-refractivity contribution >= 4 is 35.0 Å². The summed E-state index contributed by atoms with van der Waals surface area (Å²) in [4.78, 5) is 17.3. The first-order valence-electron chi connectivity index (χ1n) is 6.84. The van der Waals surface area contributed by atoms with Crippen LogP contribution < -0.4 is 5.32 Å². The monoisotopic (exact) mass is 347 g/mol. The zero-order valence-electron chi connectivity index (χ0n) is 12.3. The van der Waals surface area contributed by atoms with Crippen LogP contribution in [-0.2, 0) is 18.4 Å². The van der Waals surface area contributed by atoms with Gasteiger partial charge in [0.1, 0.15) is 6.54 Å². The Morgan fingerprint density at radius 1 is 1.35 bits per heavy atom. The molecule has 0 fully saturated rings. The van der Waals surface area contributed by atoms with Crippen LogP contribution >= 0.6 is 23.4 Å². The molecular formula is C15H14ClN5OS. The molecule has 6 nitrogen and oxygen atoms in total. The summed E-state index contributed by atoms with van der Waals surface area (Å²) < 4.78 is 3.47. The van der Waals surface area contributed by atoms with E-state index in [0.717, 1.165) is 10.1 Å². The van der Waals surface area contributed by atoms with Gasteiger partial charge in [0.15, 0.2) is 5.16 Å². The fourth-order valence-corrected chi connectivity index (χ4v) is 3.01. The summed E-state index contributed by atoms with van der Waals surface area (Å²) in [6, 6.07) is 7.16. The summed E-state index contributed by atoms with van der Waals surface area (Å²) in [5.74, 6) is -0.169. The summed E-state index contributed by atoms with van der Waals surface area (Å²) >= 11 is 7.52. The van der Waals surface area contributed by atoms with E-state index in [1.54, 1.807) is 41.5 Å². The predicted molar refractivity (Wildman–Crippen MR) is 89.6 cm³/mol. The Kier molecular flexibility index (Phi) is 4.68. The van der Waals surface area contributed by atoms with Crippen molar-refractivity contribution in [2.24, 2.45) is 7.05 Å². The zero-order chi connectivity index (χ0) is 16.2. The number of carbonyl (C=O) groups is 1. The lowest BCUT2D eigenvalue weighted by molar-refractivity contribution is -0.116. The fraction of sp³-hybridized carbons (Fsp3) is 0.133. The van der Waals surface area contributed by atoms with Crippen LogP contribution in [0, 0.1) is 0 Å². The molecule has 0 aliphatic carbocycles. The van der Waals surface area contributed by atoms with Crippen molar-refractivity contribution in [2.45, 2.75) is 16.6 Å². The molecule has 1 amide bonds. The molecule has 3 rings (SSSR count). The average Bonchev–Trinajstić information content (AvgIpc) is 3.14. The largest absolute Gasteiger partial charge is 0.329 e. The molecule has 0 radical (unpaired) electrons. The third-order valence-electron chi connectivity index (χ3n) is 3.06. The van der Waals surface area contributed by atoms with Gasteiger partial charge < -0.3 is 9.88 Å². The van der Waals surface area contributed by atoms with Gasteiger partial charge >= 0.3 is 0 Å². The molecule has 1 N–H and O–H groups in total. The summed E-state index contributed by atoms with van der Waals surface area (Å²) in [6.45, 7) is 0.145. The number of nitrogens with one attached hydrogen (secondary N) is 1. The molecule has 1 aromatic carbocycles. The van der Waals surface area contributed by atoms with Crippen LogP contribution in [0.3, 0.4) is 0 Å². The number of halogens is 1. The zero-order valence-corrected chi connectivity index (χ0v) is 13.9. The predicted octanol–water partition coefficient (Wildman–Crippen LogP) is 3.06. The highest BCUT2D eigenvalue weighted by molar-refractivity contribution is 7.99. The van der Waals surface area contributed by atoms with E-state index in [2.05, 4.69) is 15.4 Å². The lowest BCUT2D eigenvalue weighted by Gasteiger charge is -2.11. The maximum absolute atomic E-state index is 12.2. The topological polar surface area (TPSA) is 64.7 Å². The normalized spacial score (nSPS) is 10.7. The molecular weight excluding hydrogens is 334 g/mol. The van der Waals surface area contributed by atoms with Crippen molar-refractivity contribution in [1.82, 2.24) is 19.3 Å². The second-order valence-electron chi connectivity index (χ2n) is 4.82. The van der Waals surface area contributed by atoms with Crippen LogP contribution in [0.5, 0.6) is 0 Å². The molecule has 0 atom stereocenters. The molecule has 23 heavy (non-hydrogen) atoms. The molecule has 0 aliphatic rings. The second kappa shape index (κ2) is 6.89. The number of hydrogen-bond acceptors (Lipinski definition) is 4. The van der Waals surface area contributed by atoms with Gasteiger partial charge in [-0.25, -0.2) is 4.98 Å². The van der Waals surface area contributed by atoms with Gasteiger partial charge in [-0.05, 0) is 36.0 Å². The molecule has 0 aliphatic heterocycles. The fourth-order valence-electron chi connectivity index (χ4n) is 1.97. The van der Waals surface area contributed by atoms with Crippen molar-refractivity contribution in [2.75, 3.05) is 5.32 Å². The Balaban J connectivity index is 1.78. The molecule has 8 heteroatoms. The Labute approximate surface area is 142 Å². The van der Waals surface area contributed by atoms with E-state index in [-0.39, 0.29) is 12.5 Å². The Hall–Kier alpha value is -2.25.